The lowest BCUT2D eigenvalue weighted by Gasteiger charge is -2.12. The van der Waals surface area contributed by atoms with E-state index in [1.54, 1.807) is 0 Å². The smallest absolute Gasteiger partial charge is 0.0205 e. The van der Waals surface area contributed by atoms with Gasteiger partial charge in [-0.1, -0.05) is 47.5 Å². The molecule has 1 N–H and O–H groups in total. The van der Waals surface area contributed by atoms with Crippen LogP contribution in [0.2, 0.25) is 0 Å². The van der Waals surface area contributed by atoms with Crippen molar-refractivity contribution >= 4 is 15.9 Å². The maximum atomic E-state index is 3.81. The summed E-state index contributed by atoms with van der Waals surface area (Å²) in [5.74, 6) is 0.782. The molecule has 1 nitrogen and oxygen atoms in total. The standard InChI is InChI=1S/C15H22BrN/c1-3-5-13(4-2)10-11-17-12-14-6-8-15(16)9-7-14/h3,6-9,13,17H,1,4-5,10-12H2,2H3. The van der Waals surface area contributed by atoms with Crippen molar-refractivity contribution in [2.45, 2.75) is 32.7 Å². The molecule has 0 aliphatic rings. The average Bonchev–Trinajstić information content (AvgIpc) is 2.35. The molecule has 17 heavy (non-hydrogen) atoms. The minimum atomic E-state index is 0.782. The van der Waals surface area contributed by atoms with Gasteiger partial charge in [-0.05, 0) is 43.0 Å². The van der Waals surface area contributed by atoms with Crippen LogP contribution in [0.25, 0.3) is 0 Å². The molecule has 1 unspecified atom stereocenters. The third-order valence-corrected chi connectivity index (χ3v) is 3.58. The zero-order valence-electron chi connectivity index (χ0n) is 10.6. The highest BCUT2D eigenvalue weighted by Crippen LogP contribution is 2.13. The molecule has 0 bridgehead atoms. The van der Waals surface area contributed by atoms with Crippen LogP contribution in [0.4, 0.5) is 0 Å². The van der Waals surface area contributed by atoms with Gasteiger partial charge in [0.2, 0.25) is 0 Å². The van der Waals surface area contributed by atoms with Crippen molar-refractivity contribution < 1.29 is 0 Å². The quantitative estimate of drug-likeness (QED) is 0.549. The fourth-order valence-electron chi connectivity index (χ4n) is 1.87. The summed E-state index contributed by atoms with van der Waals surface area (Å²) in [6.07, 6.45) is 5.64. The molecule has 2 heteroatoms. The highest BCUT2D eigenvalue weighted by molar-refractivity contribution is 9.10. The summed E-state index contributed by atoms with van der Waals surface area (Å²) in [4.78, 5) is 0. The molecule has 0 radical (unpaired) electrons. The summed E-state index contributed by atoms with van der Waals surface area (Å²) in [6, 6.07) is 8.48. The van der Waals surface area contributed by atoms with Gasteiger partial charge in [-0.3, -0.25) is 0 Å². The SMILES string of the molecule is C=CCC(CC)CCNCc1ccc(Br)cc1. The van der Waals surface area contributed by atoms with E-state index in [0.717, 1.165) is 29.9 Å². The van der Waals surface area contributed by atoms with Crippen LogP contribution in [-0.4, -0.2) is 6.54 Å². The van der Waals surface area contributed by atoms with Gasteiger partial charge >= 0.3 is 0 Å². The van der Waals surface area contributed by atoms with E-state index in [9.17, 15) is 0 Å². The van der Waals surface area contributed by atoms with E-state index in [0.29, 0.717) is 0 Å². The Morgan fingerprint density at radius 1 is 1.35 bits per heavy atom. The van der Waals surface area contributed by atoms with Gasteiger partial charge in [-0.25, -0.2) is 0 Å². The van der Waals surface area contributed by atoms with Crippen LogP contribution in [0, 0.1) is 5.92 Å². The van der Waals surface area contributed by atoms with Crippen molar-refractivity contribution in [2.75, 3.05) is 6.54 Å². The molecular formula is C15H22BrN. The van der Waals surface area contributed by atoms with Crippen molar-refractivity contribution in [2.24, 2.45) is 5.92 Å². The minimum absolute atomic E-state index is 0.782. The summed E-state index contributed by atoms with van der Waals surface area (Å²) in [5.41, 5.74) is 1.34. The molecule has 1 rings (SSSR count). The predicted octanol–water partition coefficient (Wildman–Crippen LogP) is 4.53. The lowest BCUT2D eigenvalue weighted by Crippen LogP contribution is -2.17. The molecule has 0 aliphatic heterocycles. The Morgan fingerprint density at radius 2 is 2.06 bits per heavy atom. The van der Waals surface area contributed by atoms with Gasteiger partial charge in [0, 0.05) is 11.0 Å². The Morgan fingerprint density at radius 3 is 2.65 bits per heavy atom. The van der Waals surface area contributed by atoms with Gasteiger partial charge in [-0.15, -0.1) is 6.58 Å². The van der Waals surface area contributed by atoms with E-state index >= 15 is 0 Å². The molecule has 1 aromatic carbocycles. The normalized spacial score (nSPS) is 12.4. The summed E-state index contributed by atoms with van der Waals surface area (Å²) >= 11 is 3.44. The van der Waals surface area contributed by atoms with Gasteiger partial charge in [-0.2, -0.15) is 0 Å². The molecule has 1 atom stereocenters. The molecular weight excluding hydrogens is 274 g/mol. The number of rotatable bonds is 8. The lowest BCUT2D eigenvalue weighted by molar-refractivity contribution is 0.456. The maximum absolute atomic E-state index is 3.81. The van der Waals surface area contributed by atoms with Gasteiger partial charge < -0.3 is 5.32 Å². The largest absolute Gasteiger partial charge is 0.313 e. The molecule has 0 aromatic heterocycles. The third kappa shape index (κ3) is 6.04. The van der Waals surface area contributed by atoms with Gasteiger partial charge in [0.1, 0.15) is 0 Å². The second-order valence-electron chi connectivity index (χ2n) is 4.39. The van der Waals surface area contributed by atoms with Crippen LogP contribution in [0.1, 0.15) is 31.7 Å². The molecule has 0 heterocycles. The Hall–Kier alpha value is -0.600. The van der Waals surface area contributed by atoms with Crippen molar-refractivity contribution in [3.63, 3.8) is 0 Å². The van der Waals surface area contributed by atoms with E-state index in [4.69, 9.17) is 0 Å². The zero-order valence-corrected chi connectivity index (χ0v) is 12.2. The Balaban J connectivity index is 2.19. The molecule has 0 saturated carbocycles. The highest BCUT2D eigenvalue weighted by atomic mass is 79.9. The second-order valence-corrected chi connectivity index (χ2v) is 5.31. The highest BCUT2D eigenvalue weighted by Gasteiger charge is 2.03. The predicted molar refractivity (Wildman–Crippen MR) is 79.1 cm³/mol. The maximum Gasteiger partial charge on any atom is 0.0205 e. The van der Waals surface area contributed by atoms with Crippen LogP contribution in [-0.2, 0) is 6.54 Å². The topological polar surface area (TPSA) is 12.0 Å². The van der Waals surface area contributed by atoms with Crippen LogP contribution < -0.4 is 5.32 Å². The first-order valence-electron chi connectivity index (χ1n) is 6.32. The number of hydrogen-bond acceptors (Lipinski definition) is 1. The third-order valence-electron chi connectivity index (χ3n) is 3.05. The summed E-state index contributed by atoms with van der Waals surface area (Å²) in [7, 11) is 0. The van der Waals surface area contributed by atoms with Crippen molar-refractivity contribution in [1.82, 2.24) is 5.32 Å². The number of benzene rings is 1. The molecule has 0 spiro atoms. The van der Waals surface area contributed by atoms with Gasteiger partial charge in [0.05, 0.1) is 0 Å². The molecule has 0 amide bonds. The van der Waals surface area contributed by atoms with Crippen LogP contribution in [0.5, 0.6) is 0 Å². The fourth-order valence-corrected chi connectivity index (χ4v) is 2.13. The summed E-state index contributed by atoms with van der Waals surface area (Å²) in [6.45, 7) is 8.10. The van der Waals surface area contributed by atoms with Crippen molar-refractivity contribution in [1.29, 1.82) is 0 Å². The first kappa shape index (κ1) is 14.5. The number of allylic oxidation sites excluding steroid dienone is 1. The monoisotopic (exact) mass is 295 g/mol. The first-order valence-corrected chi connectivity index (χ1v) is 7.11. The zero-order chi connectivity index (χ0) is 12.5. The minimum Gasteiger partial charge on any atom is -0.313 e. The summed E-state index contributed by atoms with van der Waals surface area (Å²) < 4.78 is 1.14. The fraction of sp³-hybridized carbons (Fsp3) is 0.467. The molecule has 94 valence electrons. The first-order chi connectivity index (χ1) is 8.26. The van der Waals surface area contributed by atoms with Crippen LogP contribution in [0.15, 0.2) is 41.4 Å². The lowest BCUT2D eigenvalue weighted by atomic mass is 9.98. The average molecular weight is 296 g/mol. The van der Waals surface area contributed by atoms with E-state index in [1.807, 2.05) is 6.08 Å². The number of halogens is 1. The summed E-state index contributed by atoms with van der Waals surface area (Å²) in [5, 5.41) is 3.49. The van der Waals surface area contributed by atoms with Crippen LogP contribution in [0.3, 0.4) is 0 Å². The second kappa shape index (κ2) is 8.48. The van der Waals surface area contributed by atoms with Crippen molar-refractivity contribution in [3.05, 3.63) is 47.0 Å². The Bertz CT molecular complexity index is 318. The molecule has 0 saturated heterocycles. The van der Waals surface area contributed by atoms with E-state index < -0.39 is 0 Å². The number of nitrogens with one attached hydrogen (secondary N) is 1. The van der Waals surface area contributed by atoms with Crippen molar-refractivity contribution in [3.8, 4) is 0 Å². The van der Waals surface area contributed by atoms with E-state index in [-0.39, 0.29) is 0 Å². The Labute approximate surface area is 113 Å². The van der Waals surface area contributed by atoms with Gasteiger partial charge in [0.15, 0.2) is 0 Å². The number of hydrogen-bond donors (Lipinski definition) is 1. The van der Waals surface area contributed by atoms with E-state index in [1.165, 1.54) is 18.4 Å². The van der Waals surface area contributed by atoms with E-state index in [2.05, 4.69) is 59.0 Å². The van der Waals surface area contributed by atoms with Gasteiger partial charge in [0.25, 0.3) is 0 Å². The molecule has 0 fully saturated rings. The Kier molecular flexibility index (Phi) is 7.22. The van der Waals surface area contributed by atoms with Crippen LogP contribution >= 0.6 is 15.9 Å². The molecule has 0 aliphatic carbocycles. The molecule has 1 aromatic rings.